The fraction of sp³-hybridized carbons (Fsp3) is 0.154. The molecule has 0 aromatic heterocycles. The van der Waals surface area contributed by atoms with Gasteiger partial charge in [0.1, 0.15) is 5.75 Å². The number of para-hydroxylation sites is 1. The fourth-order valence-electron chi connectivity index (χ4n) is 2.96. The summed E-state index contributed by atoms with van der Waals surface area (Å²) in [6.07, 6.45) is 1.38. The zero-order chi connectivity index (χ0) is 24.5. The Bertz CT molecular complexity index is 1240. The molecule has 0 saturated carbocycles. The van der Waals surface area contributed by atoms with Crippen LogP contribution in [-0.4, -0.2) is 30.5 Å². The Balaban J connectivity index is 1.49. The van der Waals surface area contributed by atoms with Crippen molar-refractivity contribution in [2.24, 2.45) is 5.10 Å². The van der Waals surface area contributed by atoms with Crippen molar-refractivity contribution in [3.05, 3.63) is 89.0 Å². The molecule has 0 saturated heterocycles. The van der Waals surface area contributed by atoms with Gasteiger partial charge in [-0.2, -0.15) is 5.10 Å². The number of hydrazone groups is 1. The van der Waals surface area contributed by atoms with Gasteiger partial charge in [-0.05, 0) is 73.4 Å². The van der Waals surface area contributed by atoms with Gasteiger partial charge in [0.15, 0.2) is 6.61 Å². The summed E-state index contributed by atoms with van der Waals surface area (Å²) in [6.45, 7) is 5.63. The predicted octanol–water partition coefficient (Wildman–Crippen LogP) is 3.72. The lowest BCUT2D eigenvalue weighted by molar-refractivity contribution is -0.136. The number of rotatable bonds is 7. The Morgan fingerprint density at radius 1 is 0.824 bits per heavy atom. The first-order chi connectivity index (χ1) is 16.3. The highest BCUT2D eigenvalue weighted by Gasteiger charge is 2.13. The molecule has 3 amide bonds. The minimum Gasteiger partial charge on any atom is -0.484 e. The van der Waals surface area contributed by atoms with Gasteiger partial charge in [-0.3, -0.25) is 14.4 Å². The molecule has 0 aliphatic carbocycles. The first kappa shape index (κ1) is 24.2. The highest BCUT2D eigenvalue weighted by molar-refractivity contribution is 6.39. The molecule has 8 nitrogen and oxygen atoms in total. The molecule has 8 heteroatoms. The Kier molecular flexibility index (Phi) is 8.12. The van der Waals surface area contributed by atoms with Crippen LogP contribution in [0.15, 0.2) is 71.8 Å². The number of carbonyl (C=O) groups is 3. The number of anilines is 2. The molecule has 0 spiro atoms. The largest absolute Gasteiger partial charge is 0.484 e. The molecule has 0 bridgehead atoms. The van der Waals surface area contributed by atoms with Crippen molar-refractivity contribution < 1.29 is 19.1 Å². The number of hydrogen-bond donors (Lipinski definition) is 3. The lowest BCUT2D eigenvalue weighted by Crippen LogP contribution is -2.32. The van der Waals surface area contributed by atoms with Crippen LogP contribution in [0.4, 0.5) is 11.4 Å². The van der Waals surface area contributed by atoms with Gasteiger partial charge < -0.3 is 15.4 Å². The topological polar surface area (TPSA) is 109 Å². The number of benzene rings is 3. The average molecular weight is 459 g/mol. The van der Waals surface area contributed by atoms with Crippen molar-refractivity contribution >= 4 is 35.3 Å². The Morgan fingerprint density at radius 2 is 1.62 bits per heavy atom. The van der Waals surface area contributed by atoms with E-state index in [2.05, 4.69) is 21.2 Å². The van der Waals surface area contributed by atoms with Crippen molar-refractivity contribution in [3.8, 4) is 5.75 Å². The molecule has 3 aromatic rings. The van der Waals surface area contributed by atoms with Crippen LogP contribution >= 0.6 is 0 Å². The monoisotopic (exact) mass is 458 g/mol. The third-order valence-corrected chi connectivity index (χ3v) is 5.00. The molecule has 0 radical (unpaired) electrons. The summed E-state index contributed by atoms with van der Waals surface area (Å²) in [5.41, 5.74) is 7.12. The minimum atomic E-state index is -0.894. The zero-order valence-electron chi connectivity index (χ0n) is 19.2. The number of carbonyl (C=O) groups excluding carboxylic acids is 3. The highest BCUT2D eigenvalue weighted by Crippen LogP contribution is 2.15. The van der Waals surface area contributed by atoms with Crippen LogP contribution in [0.5, 0.6) is 5.75 Å². The molecular formula is C26H26N4O4. The van der Waals surface area contributed by atoms with Gasteiger partial charge in [0, 0.05) is 11.4 Å². The number of hydrogen-bond acceptors (Lipinski definition) is 5. The van der Waals surface area contributed by atoms with Gasteiger partial charge in [0.2, 0.25) is 0 Å². The fourth-order valence-corrected chi connectivity index (χ4v) is 2.96. The highest BCUT2D eigenvalue weighted by atomic mass is 16.5. The van der Waals surface area contributed by atoms with Gasteiger partial charge in [-0.25, -0.2) is 5.43 Å². The molecular weight excluding hydrogens is 432 g/mol. The van der Waals surface area contributed by atoms with Crippen LogP contribution in [0, 0.1) is 20.8 Å². The van der Waals surface area contributed by atoms with E-state index in [0.29, 0.717) is 17.0 Å². The summed E-state index contributed by atoms with van der Waals surface area (Å²) in [7, 11) is 0. The first-order valence-corrected chi connectivity index (χ1v) is 10.6. The SMILES string of the molecule is Cc1ccc(NC(=O)C(=O)N/N=C\c2cccc(OCC(=O)Nc3ccccc3C)c2)cc1C. The summed E-state index contributed by atoms with van der Waals surface area (Å²) in [6, 6.07) is 19.7. The van der Waals surface area contributed by atoms with Gasteiger partial charge in [-0.15, -0.1) is 0 Å². The van der Waals surface area contributed by atoms with Crippen molar-refractivity contribution in [1.29, 1.82) is 0 Å². The second-order valence-electron chi connectivity index (χ2n) is 7.68. The molecule has 0 aliphatic rings. The van der Waals surface area contributed by atoms with E-state index in [4.69, 9.17) is 4.74 Å². The second kappa shape index (κ2) is 11.4. The summed E-state index contributed by atoms with van der Waals surface area (Å²) in [5, 5.41) is 9.15. The Hall–Kier alpha value is -4.46. The second-order valence-corrected chi connectivity index (χ2v) is 7.68. The number of amides is 3. The van der Waals surface area contributed by atoms with Crippen molar-refractivity contribution in [1.82, 2.24) is 5.43 Å². The smallest absolute Gasteiger partial charge is 0.329 e. The van der Waals surface area contributed by atoms with Crippen molar-refractivity contribution in [2.45, 2.75) is 20.8 Å². The Morgan fingerprint density at radius 3 is 2.38 bits per heavy atom. The summed E-state index contributed by atoms with van der Waals surface area (Å²) >= 11 is 0. The quantitative estimate of drug-likeness (QED) is 0.285. The van der Waals surface area contributed by atoms with E-state index in [0.717, 1.165) is 22.4 Å². The van der Waals surface area contributed by atoms with Crippen LogP contribution in [0.25, 0.3) is 0 Å². The molecule has 3 rings (SSSR count). The molecule has 3 N–H and O–H groups in total. The third-order valence-electron chi connectivity index (χ3n) is 5.00. The van der Waals surface area contributed by atoms with Gasteiger partial charge in [0.05, 0.1) is 6.21 Å². The van der Waals surface area contributed by atoms with E-state index < -0.39 is 11.8 Å². The molecule has 0 fully saturated rings. The first-order valence-electron chi connectivity index (χ1n) is 10.6. The molecule has 174 valence electrons. The summed E-state index contributed by atoms with van der Waals surface area (Å²) in [4.78, 5) is 36.2. The average Bonchev–Trinajstić information content (AvgIpc) is 2.82. The van der Waals surface area contributed by atoms with Crippen molar-refractivity contribution in [3.63, 3.8) is 0 Å². The number of nitrogens with one attached hydrogen (secondary N) is 3. The molecule has 34 heavy (non-hydrogen) atoms. The van der Waals surface area contributed by atoms with E-state index in [9.17, 15) is 14.4 Å². The predicted molar refractivity (Wildman–Crippen MR) is 132 cm³/mol. The standard InChI is InChI=1S/C26H26N4O4/c1-17-11-12-21(13-19(17)3)28-25(32)26(33)30-27-15-20-8-6-9-22(14-20)34-16-24(31)29-23-10-5-4-7-18(23)2/h4-15H,16H2,1-3H3,(H,28,32)(H,29,31)(H,30,33)/b27-15-. The number of nitrogens with zero attached hydrogens (tertiary/aromatic N) is 1. The maximum Gasteiger partial charge on any atom is 0.329 e. The van der Waals surface area contributed by atoms with E-state index in [1.165, 1.54) is 6.21 Å². The maximum absolute atomic E-state index is 12.2. The van der Waals surface area contributed by atoms with Gasteiger partial charge in [0.25, 0.3) is 5.91 Å². The van der Waals surface area contributed by atoms with Crippen LogP contribution < -0.4 is 20.8 Å². The number of aryl methyl sites for hydroxylation is 3. The van der Waals surface area contributed by atoms with Crippen LogP contribution in [0.2, 0.25) is 0 Å². The van der Waals surface area contributed by atoms with Crippen molar-refractivity contribution in [2.75, 3.05) is 17.2 Å². The lowest BCUT2D eigenvalue weighted by Gasteiger charge is -2.09. The van der Waals surface area contributed by atoms with Crippen LogP contribution in [0.3, 0.4) is 0 Å². The molecule has 0 unspecified atom stereocenters. The van der Waals surface area contributed by atoms with Gasteiger partial charge >= 0.3 is 11.8 Å². The summed E-state index contributed by atoms with van der Waals surface area (Å²) in [5.74, 6) is -1.54. The van der Waals surface area contributed by atoms with Gasteiger partial charge in [-0.1, -0.05) is 36.4 Å². The third kappa shape index (κ3) is 7.03. The molecule has 0 atom stereocenters. The number of ether oxygens (including phenoxy) is 1. The molecule has 0 aliphatic heterocycles. The van der Waals surface area contributed by atoms with Crippen LogP contribution in [-0.2, 0) is 14.4 Å². The molecule has 3 aromatic carbocycles. The van der Waals surface area contributed by atoms with E-state index in [-0.39, 0.29) is 12.5 Å². The van der Waals surface area contributed by atoms with Crippen LogP contribution in [0.1, 0.15) is 22.3 Å². The normalized spacial score (nSPS) is 10.6. The minimum absolute atomic E-state index is 0.162. The van der Waals surface area contributed by atoms with E-state index >= 15 is 0 Å². The summed E-state index contributed by atoms with van der Waals surface area (Å²) < 4.78 is 5.55. The zero-order valence-corrected chi connectivity index (χ0v) is 19.2. The molecule has 0 heterocycles. The lowest BCUT2D eigenvalue weighted by atomic mass is 10.1. The van der Waals surface area contributed by atoms with E-state index in [1.807, 2.05) is 51.1 Å². The Labute approximate surface area is 198 Å². The van der Waals surface area contributed by atoms with E-state index in [1.54, 1.807) is 36.4 Å². The maximum atomic E-state index is 12.2.